The van der Waals surface area contributed by atoms with Gasteiger partial charge in [-0.15, -0.1) is 0 Å². The summed E-state index contributed by atoms with van der Waals surface area (Å²) in [7, 11) is 1.29. The number of hydrogen-bond donors (Lipinski definition) is 0. The van der Waals surface area contributed by atoms with Gasteiger partial charge in [-0.1, -0.05) is 30.2 Å². The first-order valence-corrected chi connectivity index (χ1v) is 7.85. The second kappa shape index (κ2) is 12.7. The molecule has 0 N–H and O–H groups in total. The minimum Gasteiger partial charge on any atom is -0.465 e. The first-order chi connectivity index (χ1) is 11.7. The topological polar surface area (TPSA) is 56.5 Å². The molecule has 4 heteroatoms. The molecule has 0 radical (unpaired) electrons. The third kappa shape index (κ3) is 10.0. The van der Waals surface area contributed by atoms with Gasteiger partial charge in [-0.3, -0.25) is 4.79 Å². The molecule has 0 fully saturated rings. The lowest BCUT2D eigenvalue weighted by atomic mass is 10.1. The van der Waals surface area contributed by atoms with Crippen LogP contribution in [0, 0.1) is 11.8 Å². The summed E-state index contributed by atoms with van der Waals surface area (Å²) in [5, 5.41) is 0. The molecule has 1 aromatic heterocycles. The van der Waals surface area contributed by atoms with Gasteiger partial charge < -0.3 is 9.15 Å². The zero-order valence-corrected chi connectivity index (χ0v) is 13.9. The number of hydrogen-bond acceptors (Lipinski definition) is 4. The largest absolute Gasteiger partial charge is 0.465 e. The number of allylic oxidation sites excluding steroid dienone is 5. The first-order valence-electron chi connectivity index (χ1n) is 7.85. The molecule has 4 nitrogen and oxygen atoms in total. The number of ether oxygens (including phenoxy) is 1. The molecule has 1 aromatic rings. The average Bonchev–Trinajstić information content (AvgIpc) is 3.10. The third-order valence-corrected chi connectivity index (χ3v) is 2.96. The van der Waals surface area contributed by atoms with Crippen molar-refractivity contribution in [2.45, 2.75) is 32.1 Å². The highest BCUT2D eigenvalue weighted by Crippen LogP contribution is 2.03. The van der Waals surface area contributed by atoms with Crippen LogP contribution in [-0.2, 0) is 14.3 Å². The predicted molar refractivity (Wildman–Crippen MR) is 93.9 cm³/mol. The molecule has 0 amide bonds. The van der Waals surface area contributed by atoms with E-state index in [4.69, 9.17) is 4.42 Å². The summed E-state index contributed by atoms with van der Waals surface area (Å²) in [6, 6.07) is 3.73. The predicted octanol–water partition coefficient (Wildman–Crippen LogP) is 4.10. The van der Waals surface area contributed by atoms with E-state index in [0.29, 0.717) is 19.3 Å². The molecule has 0 unspecified atom stereocenters. The second-order valence-electron chi connectivity index (χ2n) is 4.90. The van der Waals surface area contributed by atoms with Gasteiger partial charge in [0.05, 0.1) is 13.4 Å². The van der Waals surface area contributed by atoms with Gasteiger partial charge in [-0.25, -0.2) is 4.79 Å². The summed E-state index contributed by atoms with van der Waals surface area (Å²) in [5.74, 6) is 5.40. The first kappa shape index (κ1) is 19.2. The fraction of sp³-hybridized carbons (Fsp3) is 0.300. The fourth-order valence-electron chi connectivity index (χ4n) is 1.74. The van der Waals surface area contributed by atoms with Crippen LogP contribution < -0.4 is 0 Å². The number of carbonyl (C=O) groups is 2. The van der Waals surface area contributed by atoms with Crippen LogP contribution in [0.5, 0.6) is 0 Å². The molecule has 0 aliphatic carbocycles. The third-order valence-electron chi connectivity index (χ3n) is 2.96. The van der Waals surface area contributed by atoms with Crippen LogP contribution in [0.25, 0.3) is 6.08 Å². The Morgan fingerprint density at radius 3 is 2.88 bits per heavy atom. The number of unbranched alkanes of at least 4 members (excludes halogenated alkanes) is 2. The molecule has 0 aliphatic heterocycles. The zero-order chi connectivity index (χ0) is 17.5. The van der Waals surface area contributed by atoms with Gasteiger partial charge in [-0.05, 0) is 43.5 Å². The van der Waals surface area contributed by atoms with Gasteiger partial charge >= 0.3 is 5.97 Å². The van der Waals surface area contributed by atoms with Crippen molar-refractivity contribution in [2.75, 3.05) is 7.11 Å². The molecular weight excluding hydrogens is 304 g/mol. The normalized spacial score (nSPS) is 11.0. The van der Waals surface area contributed by atoms with Crippen molar-refractivity contribution in [3.8, 4) is 11.8 Å². The maximum Gasteiger partial charge on any atom is 0.384 e. The van der Waals surface area contributed by atoms with E-state index in [1.54, 1.807) is 18.4 Å². The van der Waals surface area contributed by atoms with E-state index in [0.717, 1.165) is 18.6 Å². The summed E-state index contributed by atoms with van der Waals surface area (Å²) < 4.78 is 9.56. The quantitative estimate of drug-likeness (QED) is 0.171. The number of methoxy groups -OCH3 is 1. The van der Waals surface area contributed by atoms with E-state index < -0.39 is 5.97 Å². The van der Waals surface area contributed by atoms with E-state index in [2.05, 4.69) is 16.6 Å². The van der Waals surface area contributed by atoms with Crippen LogP contribution in [0.2, 0.25) is 0 Å². The molecule has 1 heterocycles. The van der Waals surface area contributed by atoms with Crippen molar-refractivity contribution >= 4 is 17.8 Å². The SMILES string of the molecule is COC(=O)C#CCC/C=C/C(=O)CCC/C=C/C=C/c1ccco1. The van der Waals surface area contributed by atoms with Crippen LogP contribution in [0.3, 0.4) is 0 Å². The Morgan fingerprint density at radius 1 is 1.25 bits per heavy atom. The van der Waals surface area contributed by atoms with Crippen LogP contribution in [0.15, 0.2) is 53.2 Å². The van der Waals surface area contributed by atoms with Gasteiger partial charge in [0.15, 0.2) is 5.78 Å². The molecular formula is C20H22O4. The Hall–Kier alpha value is -2.80. The highest BCUT2D eigenvalue weighted by molar-refractivity contribution is 5.89. The van der Waals surface area contributed by atoms with Crippen molar-refractivity contribution in [2.24, 2.45) is 0 Å². The molecule has 0 aromatic carbocycles. The molecule has 0 saturated heterocycles. The van der Waals surface area contributed by atoms with Crippen molar-refractivity contribution in [3.63, 3.8) is 0 Å². The average molecular weight is 326 g/mol. The molecule has 0 atom stereocenters. The van der Waals surface area contributed by atoms with E-state index in [1.165, 1.54) is 7.11 Å². The van der Waals surface area contributed by atoms with Gasteiger partial charge in [-0.2, -0.15) is 0 Å². The molecule has 0 spiro atoms. The van der Waals surface area contributed by atoms with Gasteiger partial charge in [0.2, 0.25) is 0 Å². The lowest BCUT2D eigenvalue weighted by molar-refractivity contribution is -0.133. The van der Waals surface area contributed by atoms with Gasteiger partial charge in [0.1, 0.15) is 5.76 Å². The molecule has 126 valence electrons. The summed E-state index contributed by atoms with van der Waals surface area (Å²) in [4.78, 5) is 22.4. The van der Waals surface area contributed by atoms with Crippen molar-refractivity contribution in [1.82, 2.24) is 0 Å². The molecule has 24 heavy (non-hydrogen) atoms. The van der Waals surface area contributed by atoms with E-state index >= 15 is 0 Å². The fourth-order valence-corrected chi connectivity index (χ4v) is 1.74. The Bertz CT molecular complexity index is 637. The lowest BCUT2D eigenvalue weighted by Crippen LogP contribution is -1.94. The highest BCUT2D eigenvalue weighted by Gasteiger charge is 1.94. The minimum absolute atomic E-state index is 0.107. The number of carbonyl (C=O) groups excluding carboxylic acids is 2. The van der Waals surface area contributed by atoms with Crippen LogP contribution in [0.1, 0.15) is 37.9 Å². The zero-order valence-electron chi connectivity index (χ0n) is 13.9. The van der Waals surface area contributed by atoms with Crippen molar-refractivity contribution in [1.29, 1.82) is 0 Å². The maximum absolute atomic E-state index is 11.6. The minimum atomic E-state index is -0.540. The molecule has 0 saturated carbocycles. The Kier molecular flexibility index (Phi) is 10.2. The van der Waals surface area contributed by atoms with Crippen molar-refractivity contribution < 1.29 is 18.7 Å². The summed E-state index contributed by atoms with van der Waals surface area (Å²) >= 11 is 0. The maximum atomic E-state index is 11.6. The van der Waals surface area contributed by atoms with E-state index in [1.807, 2.05) is 36.4 Å². The Balaban J connectivity index is 2.07. The number of furan rings is 1. The summed E-state index contributed by atoms with van der Waals surface area (Å²) in [6.07, 6.45) is 16.1. The monoisotopic (exact) mass is 326 g/mol. The van der Waals surface area contributed by atoms with Crippen LogP contribution in [0.4, 0.5) is 0 Å². The second-order valence-corrected chi connectivity index (χ2v) is 4.90. The number of ketones is 1. The number of rotatable bonds is 9. The molecule has 0 bridgehead atoms. The standard InChI is InChI=1S/C20H22O4/c1-23-20(22)16-10-6-5-8-13-18(21)12-7-3-2-4-9-14-19-15-11-17-24-19/h2,4,8-9,11,13-15,17H,3,5-7,12H2,1H3/b4-2+,13-8+,14-9+. The highest BCUT2D eigenvalue weighted by atomic mass is 16.5. The summed E-state index contributed by atoms with van der Waals surface area (Å²) in [5.41, 5.74) is 0. The van der Waals surface area contributed by atoms with Crippen molar-refractivity contribution in [3.05, 3.63) is 54.5 Å². The molecule has 0 aliphatic rings. The lowest BCUT2D eigenvalue weighted by Gasteiger charge is -1.92. The molecule has 1 rings (SSSR count). The Morgan fingerprint density at radius 2 is 2.12 bits per heavy atom. The van der Waals surface area contributed by atoms with Crippen LogP contribution >= 0.6 is 0 Å². The smallest absolute Gasteiger partial charge is 0.384 e. The Labute approximate surface area is 142 Å². The van der Waals surface area contributed by atoms with Crippen LogP contribution in [-0.4, -0.2) is 18.9 Å². The van der Waals surface area contributed by atoms with Gasteiger partial charge in [0.25, 0.3) is 0 Å². The van der Waals surface area contributed by atoms with E-state index in [-0.39, 0.29) is 5.78 Å². The number of esters is 1. The summed E-state index contributed by atoms with van der Waals surface area (Å²) in [6.45, 7) is 0. The van der Waals surface area contributed by atoms with E-state index in [9.17, 15) is 9.59 Å². The van der Waals surface area contributed by atoms with Gasteiger partial charge in [0, 0.05) is 18.8 Å².